The summed E-state index contributed by atoms with van der Waals surface area (Å²) in [6.45, 7) is 12.5. The third-order valence-electron chi connectivity index (χ3n) is 4.10. The molecule has 0 aromatic carbocycles. The first-order chi connectivity index (χ1) is 9.17. The predicted molar refractivity (Wildman–Crippen MR) is 80.4 cm³/mol. The Labute approximate surface area is 118 Å². The fraction of sp³-hybridized carbons (Fsp3) is 0.933. The van der Waals surface area contributed by atoms with Crippen molar-refractivity contribution in [3.8, 4) is 0 Å². The lowest BCUT2D eigenvalue weighted by Gasteiger charge is -2.30. The normalized spacial score (nSPS) is 17.4. The second-order valence-corrected chi connectivity index (χ2v) is 5.64. The number of hydrogen-bond acceptors (Lipinski definition) is 2. The smallest absolute Gasteiger partial charge is 0.317 e. The number of carbonyl (C=O) groups is 1. The Balaban J connectivity index is 2.00. The van der Waals surface area contributed by atoms with E-state index in [-0.39, 0.29) is 6.03 Å². The summed E-state index contributed by atoms with van der Waals surface area (Å²) in [5, 5.41) is 3.00. The zero-order valence-electron chi connectivity index (χ0n) is 13.0. The van der Waals surface area contributed by atoms with E-state index in [0.717, 1.165) is 32.0 Å². The summed E-state index contributed by atoms with van der Waals surface area (Å²) in [6.07, 6.45) is 4.96. The fourth-order valence-corrected chi connectivity index (χ4v) is 2.56. The molecule has 1 heterocycles. The Morgan fingerprint density at radius 1 is 1.21 bits per heavy atom. The Hall–Kier alpha value is -0.770. The zero-order chi connectivity index (χ0) is 14.1. The summed E-state index contributed by atoms with van der Waals surface area (Å²) in [5.74, 6) is 0.907. The van der Waals surface area contributed by atoms with Crippen LogP contribution in [-0.4, -0.2) is 55.1 Å². The Morgan fingerprint density at radius 2 is 1.84 bits per heavy atom. The van der Waals surface area contributed by atoms with Crippen molar-refractivity contribution in [3.63, 3.8) is 0 Å². The molecule has 1 aliphatic rings. The number of nitrogens with zero attached hydrogens (tertiary/aromatic N) is 2. The number of piperidine rings is 1. The van der Waals surface area contributed by atoms with Gasteiger partial charge in [-0.1, -0.05) is 6.92 Å². The van der Waals surface area contributed by atoms with E-state index in [1.165, 1.54) is 38.9 Å². The van der Waals surface area contributed by atoms with Gasteiger partial charge in [-0.2, -0.15) is 0 Å². The third-order valence-corrected chi connectivity index (χ3v) is 4.10. The van der Waals surface area contributed by atoms with Gasteiger partial charge in [-0.05, 0) is 65.1 Å². The number of likely N-dealkylation sites (tertiary alicyclic amines) is 1. The van der Waals surface area contributed by atoms with E-state index in [4.69, 9.17) is 0 Å². The maximum absolute atomic E-state index is 11.7. The topological polar surface area (TPSA) is 35.6 Å². The third kappa shape index (κ3) is 6.28. The van der Waals surface area contributed by atoms with E-state index < -0.39 is 0 Å². The van der Waals surface area contributed by atoms with Gasteiger partial charge in [0.15, 0.2) is 0 Å². The highest BCUT2D eigenvalue weighted by Crippen LogP contribution is 2.15. The summed E-state index contributed by atoms with van der Waals surface area (Å²) in [6, 6.07) is 0.0804. The molecule has 0 aliphatic carbocycles. The molecule has 4 heteroatoms. The highest BCUT2D eigenvalue weighted by atomic mass is 16.2. The van der Waals surface area contributed by atoms with Crippen molar-refractivity contribution in [2.45, 2.75) is 46.5 Å². The van der Waals surface area contributed by atoms with Crippen molar-refractivity contribution >= 4 is 6.03 Å². The molecular weight excluding hydrogens is 238 g/mol. The number of hydrogen-bond donors (Lipinski definition) is 1. The van der Waals surface area contributed by atoms with E-state index in [2.05, 4.69) is 17.1 Å². The van der Waals surface area contributed by atoms with Crippen LogP contribution in [0.25, 0.3) is 0 Å². The van der Waals surface area contributed by atoms with Crippen LogP contribution in [0.5, 0.6) is 0 Å². The molecule has 19 heavy (non-hydrogen) atoms. The number of nitrogens with one attached hydrogen (secondary N) is 1. The highest BCUT2D eigenvalue weighted by molar-refractivity contribution is 5.73. The van der Waals surface area contributed by atoms with E-state index >= 15 is 0 Å². The van der Waals surface area contributed by atoms with Gasteiger partial charge in [0.25, 0.3) is 0 Å². The first-order valence-electron chi connectivity index (χ1n) is 7.92. The van der Waals surface area contributed by atoms with E-state index in [0.29, 0.717) is 0 Å². The molecule has 1 saturated heterocycles. The van der Waals surface area contributed by atoms with Crippen LogP contribution in [0.4, 0.5) is 4.79 Å². The summed E-state index contributed by atoms with van der Waals surface area (Å²) >= 11 is 0. The van der Waals surface area contributed by atoms with Crippen molar-refractivity contribution < 1.29 is 4.79 Å². The molecule has 0 bridgehead atoms. The largest absolute Gasteiger partial charge is 0.338 e. The highest BCUT2D eigenvalue weighted by Gasteiger charge is 2.14. The van der Waals surface area contributed by atoms with Crippen LogP contribution in [0.2, 0.25) is 0 Å². The maximum atomic E-state index is 11.7. The van der Waals surface area contributed by atoms with Gasteiger partial charge in [0, 0.05) is 19.6 Å². The monoisotopic (exact) mass is 269 g/mol. The summed E-state index contributed by atoms with van der Waals surface area (Å²) in [7, 11) is 0. The molecular formula is C15H31N3O. The fourth-order valence-electron chi connectivity index (χ4n) is 2.56. The Morgan fingerprint density at radius 3 is 2.42 bits per heavy atom. The van der Waals surface area contributed by atoms with E-state index in [1.54, 1.807) is 0 Å². The molecule has 0 radical (unpaired) electrons. The van der Waals surface area contributed by atoms with Crippen LogP contribution in [0.1, 0.15) is 46.5 Å². The molecule has 0 spiro atoms. The molecule has 0 aromatic heterocycles. The summed E-state index contributed by atoms with van der Waals surface area (Å²) in [5.41, 5.74) is 0. The van der Waals surface area contributed by atoms with Crippen LogP contribution in [0.15, 0.2) is 0 Å². The average Bonchev–Trinajstić information content (AvgIpc) is 2.42. The van der Waals surface area contributed by atoms with Gasteiger partial charge in [-0.25, -0.2) is 4.79 Å². The van der Waals surface area contributed by atoms with Gasteiger partial charge < -0.3 is 15.1 Å². The lowest BCUT2D eigenvalue weighted by Crippen LogP contribution is -2.40. The molecule has 1 aliphatic heterocycles. The van der Waals surface area contributed by atoms with Gasteiger partial charge in [0.2, 0.25) is 0 Å². The molecule has 0 aromatic rings. The number of urea groups is 1. The minimum Gasteiger partial charge on any atom is -0.338 e. The number of amides is 2. The molecule has 0 unspecified atom stereocenters. The molecule has 1 N–H and O–H groups in total. The molecule has 0 atom stereocenters. The van der Waals surface area contributed by atoms with Gasteiger partial charge in [0.1, 0.15) is 0 Å². The summed E-state index contributed by atoms with van der Waals surface area (Å²) in [4.78, 5) is 16.1. The Kier molecular flexibility index (Phi) is 7.87. The predicted octanol–water partition coefficient (Wildman–Crippen LogP) is 2.55. The number of rotatable bonds is 7. The lowest BCUT2D eigenvalue weighted by atomic mass is 9.99. The van der Waals surface area contributed by atoms with Crippen molar-refractivity contribution in [1.29, 1.82) is 0 Å². The van der Waals surface area contributed by atoms with Gasteiger partial charge in [0.05, 0.1) is 0 Å². The molecule has 1 rings (SSSR count). The molecule has 1 fully saturated rings. The standard InChI is InChI=1S/C15H31N3O/c1-4-18(5-2)15(19)16-10-6-7-11-17-12-8-14(3)9-13-17/h14H,4-13H2,1-3H3,(H,16,19). The minimum absolute atomic E-state index is 0.0804. The van der Waals surface area contributed by atoms with Gasteiger partial charge >= 0.3 is 6.03 Å². The minimum atomic E-state index is 0.0804. The molecule has 2 amide bonds. The van der Waals surface area contributed by atoms with Crippen molar-refractivity contribution in [1.82, 2.24) is 15.1 Å². The Bertz CT molecular complexity index is 246. The van der Waals surface area contributed by atoms with Crippen LogP contribution in [-0.2, 0) is 0 Å². The van der Waals surface area contributed by atoms with Crippen molar-refractivity contribution in [2.75, 3.05) is 39.3 Å². The first-order valence-corrected chi connectivity index (χ1v) is 7.92. The van der Waals surface area contributed by atoms with Gasteiger partial charge in [-0.15, -0.1) is 0 Å². The number of carbonyl (C=O) groups excluding carboxylic acids is 1. The van der Waals surface area contributed by atoms with Gasteiger partial charge in [-0.3, -0.25) is 0 Å². The van der Waals surface area contributed by atoms with E-state index in [1.807, 2.05) is 18.7 Å². The molecule has 0 saturated carbocycles. The van der Waals surface area contributed by atoms with Crippen LogP contribution >= 0.6 is 0 Å². The van der Waals surface area contributed by atoms with Crippen LogP contribution < -0.4 is 5.32 Å². The van der Waals surface area contributed by atoms with Crippen molar-refractivity contribution in [2.24, 2.45) is 5.92 Å². The lowest BCUT2D eigenvalue weighted by molar-refractivity contribution is 0.188. The van der Waals surface area contributed by atoms with Crippen molar-refractivity contribution in [3.05, 3.63) is 0 Å². The SMILES string of the molecule is CCN(CC)C(=O)NCCCCN1CCC(C)CC1. The average molecular weight is 269 g/mol. The summed E-state index contributed by atoms with van der Waals surface area (Å²) < 4.78 is 0. The van der Waals surface area contributed by atoms with Crippen LogP contribution in [0, 0.1) is 5.92 Å². The zero-order valence-corrected chi connectivity index (χ0v) is 13.0. The van der Waals surface area contributed by atoms with Crippen LogP contribution in [0.3, 0.4) is 0 Å². The molecule has 112 valence electrons. The molecule has 4 nitrogen and oxygen atoms in total. The quantitative estimate of drug-likeness (QED) is 0.721. The number of unbranched alkanes of at least 4 members (excludes halogenated alkanes) is 1. The second-order valence-electron chi connectivity index (χ2n) is 5.64. The second kappa shape index (κ2) is 9.18. The maximum Gasteiger partial charge on any atom is 0.317 e. The first kappa shape index (κ1) is 16.3. The van der Waals surface area contributed by atoms with E-state index in [9.17, 15) is 4.79 Å².